The van der Waals surface area contributed by atoms with Crippen molar-refractivity contribution in [1.82, 2.24) is 9.88 Å². The lowest BCUT2D eigenvalue weighted by Crippen LogP contribution is -2.41. The summed E-state index contributed by atoms with van der Waals surface area (Å²) >= 11 is 1.67. The first-order valence-electron chi connectivity index (χ1n) is 5.39. The summed E-state index contributed by atoms with van der Waals surface area (Å²) in [5, 5.41) is 0.902. The van der Waals surface area contributed by atoms with Crippen LogP contribution in [0.15, 0.2) is 23.4 Å². The number of nitrogens with two attached hydrogens (primary N) is 1. The van der Waals surface area contributed by atoms with Crippen molar-refractivity contribution in [3.05, 3.63) is 18.3 Å². The second-order valence-corrected chi connectivity index (χ2v) is 4.97. The van der Waals surface area contributed by atoms with E-state index >= 15 is 0 Å². The largest absolute Gasteiger partial charge is 0.397 e. The van der Waals surface area contributed by atoms with Crippen LogP contribution in [-0.2, 0) is 4.74 Å². The summed E-state index contributed by atoms with van der Waals surface area (Å²) in [5.41, 5.74) is 6.58. The number of rotatable bonds is 3. The van der Waals surface area contributed by atoms with Crippen LogP contribution in [0, 0.1) is 0 Å². The molecule has 1 saturated heterocycles. The van der Waals surface area contributed by atoms with E-state index < -0.39 is 0 Å². The molecular formula is C11H17N3OS. The third-order valence-electron chi connectivity index (χ3n) is 2.55. The number of morpholine rings is 1. The Balaban J connectivity index is 1.85. The van der Waals surface area contributed by atoms with E-state index in [4.69, 9.17) is 10.5 Å². The summed E-state index contributed by atoms with van der Waals surface area (Å²) in [6.45, 7) is 2.83. The molecule has 4 nitrogen and oxygen atoms in total. The molecule has 1 aliphatic rings. The minimum atomic E-state index is 0.283. The Bertz CT molecular complexity index is 348. The van der Waals surface area contributed by atoms with E-state index in [1.807, 2.05) is 12.1 Å². The van der Waals surface area contributed by atoms with Crippen molar-refractivity contribution >= 4 is 17.4 Å². The number of nitrogens with zero attached hydrogens (tertiary/aromatic N) is 2. The van der Waals surface area contributed by atoms with Gasteiger partial charge in [0.25, 0.3) is 0 Å². The fourth-order valence-corrected chi connectivity index (χ4v) is 2.58. The molecule has 1 unspecified atom stereocenters. The predicted molar refractivity (Wildman–Crippen MR) is 66.6 cm³/mol. The van der Waals surface area contributed by atoms with Gasteiger partial charge in [0, 0.05) is 25.0 Å². The molecule has 1 aromatic rings. The van der Waals surface area contributed by atoms with E-state index in [2.05, 4.69) is 16.9 Å². The van der Waals surface area contributed by atoms with Crippen molar-refractivity contribution in [3.63, 3.8) is 0 Å². The van der Waals surface area contributed by atoms with Crippen LogP contribution in [0.1, 0.15) is 0 Å². The first-order chi connectivity index (χ1) is 7.75. The predicted octanol–water partition coefficient (Wildman–Crippen LogP) is 1.09. The van der Waals surface area contributed by atoms with Crippen LogP contribution in [0.25, 0.3) is 0 Å². The summed E-state index contributed by atoms with van der Waals surface area (Å²) in [4.78, 5) is 6.54. The molecular weight excluding hydrogens is 222 g/mol. The molecule has 2 heterocycles. The number of anilines is 1. The molecule has 1 aromatic heterocycles. The molecule has 0 radical (unpaired) electrons. The van der Waals surface area contributed by atoms with E-state index in [0.29, 0.717) is 0 Å². The molecule has 88 valence electrons. The Morgan fingerprint density at radius 3 is 3.31 bits per heavy atom. The molecule has 0 saturated carbocycles. The van der Waals surface area contributed by atoms with Gasteiger partial charge >= 0.3 is 0 Å². The summed E-state index contributed by atoms with van der Waals surface area (Å²) in [6.07, 6.45) is 2.05. The second-order valence-electron chi connectivity index (χ2n) is 3.96. The van der Waals surface area contributed by atoms with Crippen molar-refractivity contribution < 1.29 is 4.74 Å². The maximum atomic E-state index is 5.83. The molecule has 0 spiro atoms. The zero-order valence-electron chi connectivity index (χ0n) is 9.43. The van der Waals surface area contributed by atoms with Gasteiger partial charge in [-0.1, -0.05) is 0 Å². The van der Waals surface area contributed by atoms with Crippen molar-refractivity contribution in [2.45, 2.75) is 11.1 Å². The summed E-state index contributed by atoms with van der Waals surface area (Å²) in [5.74, 6) is 0.908. The first-order valence-corrected chi connectivity index (χ1v) is 6.37. The fraction of sp³-hybridized carbons (Fsp3) is 0.545. The Morgan fingerprint density at radius 2 is 2.56 bits per heavy atom. The summed E-state index contributed by atoms with van der Waals surface area (Å²) in [6, 6.07) is 3.73. The molecule has 0 aromatic carbocycles. The van der Waals surface area contributed by atoms with E-state index in [1.54, 1.807) is 18.0 Å². The van der Waals surface area contributed by atoms with Gasteiger partial charge in [0.2, 0.25) is 0 Å². The number of hydrogen-bond donors (Lipinski definition) is 1. The molecule has 0 bridgehead atoms. The van der Waals surface area contributed by atoms with Crippen LogP contribution >= 0.6 is 11.8 Å². The Hall–Kier alpha value is -0.780. The number of nitrogen functional groups attached to an aromatic ring is 1. The Kier molecular flexibility index (Phi) is 4.04. The normalized spacial score (nSPS) is 22.2. The standard InChI is InChI=1S/C11H17N3OS/c1-14-5-6-15-9(7-14)8-16-11-10(12)3-2-4-13-11/h2-4,9H,5-8,12H2,1H3. The molecule has 2 rings (SSSR count). The van der Waals surface area contributed by atoms with Gasteiger partial charge in [-0.2, -0.15) is 0 Å². The number of likely N-dealkylation sites (N-methyl/N-ethyl adjacent to an activating group) is 1. The third kappa shape index (κ3) is 3.10. The smallest absolute Gasteiger partial charge is 0.119 e. The van der Waals surface area contributed by atoms with Crippen molar-refractivity contribution in [2.75, 3.05) is 38.2 Å². The van der Waals surface area contributed by atoms with Gasteiger partial charge in [-0.3, -0.25) is 0 Å². The minimum Gasteiger partial charge on any atom is -0.397 e. The lowest BCUT2D eigenvalue weighted by Gasteiger charge is -2.29. The number of pyridine rings is 1. The van der Waals surface area contributed by atoms with Crippen LogP contribution < -0.4 is 5.73 Å². The fourth-order valence-electron chi connectivity index (χ4n) is 1.66. The van der Waals surface area contributed by atoms with Gasteiger partial charge in [0.1, 0.15) is 5.03 Å². The van der Waals surface area contributed by atoms with Gasteiger partial charge in [-0.25, -0.2) is 4.98 Å². The van der Waals surface area contributed by atoms with Crippen molar-refractivity contribution in [1.29, 1.82) is 0 Å². The van der Waals surface area contributed by atoms with Crippen LogP contribution in [0.2, 0.25) is 0 Å². The van der Waals surface area contributed by atoms with Gasteiger partial charge in [0.15, 0.2) is 0 Å². The zero-order chi connectivity index (χ0) is 11.4. The second kappa shape index (κ2) is 5.52. The molecule has 1 atom stereocenters. The van der Waals surface area contributed by atoms with Crippen molar-refractivity contribution in [3.8, 4) is 0 Å². The highest BCUT2D eigenvalue weighted by Crippen LogP contribution is 2.23. The maximum Gasteiger partial charge on any atom is 0.119 e. The van der Waals surface area contributed by atoms with Gasteiger partial charge in [-0.15, -0.1) is 11.8 Å². The maximum absolute atomic E-state index is 5.83. The van der Waals surface area contributed by atoms with Crippen LogP contribution in [0.3, 0.4) is 0 Å². The molecule has 2 N–H and O–H groups in total. The topological polar surface area (TPSA) is 51.4 Å². The molecule has 1 fully saturated rings. The quantitative estimate of drug-likeness (QED) is 0.800. The third-order valence-corrected chi connectivity index (χ3v) is 3.70. The molecule has 0 aliphatic carbocycles. The SMILES string of the molecule is CN1CCOC(CSc2ncccc2N)C1. The molecule has 5 heteroatoms. The van der Waals surface area contributed by atoms with Gasteiger partial charge in [0.05, 0.1) is 18.4 Å². The summed E-state index contributed by atoms with van der Waals surface area (Å²) < 4.78 is 5.68. The number of thioether (sulfide) groups is 1. The number of hydrogen-bond acceptors (Lipinski definition) is 5. The van der Waals surface area contributed by atoms with E-state index in [9.17, 15) is 0 Å². The number of aromatic nitrogens is 1. The average Bonchev–Trinajstić information content (AvgIpc) is 2.28. The zero-order valence-corrected chi connectivity index (χ0v) is 10.2. The highest BCUT2D eigenvalue weighted by atomic mass is 32.2. The Labute approximate surface area is 100 Å². The van der Waals surface area contributed by atoms with Gasteiger partial charge in [-0.05, 0) is 19.2 Å². The average molecular weight is 239 g/mol. The van der Waals surface area contributed by atoms with E-state index in [0.717, 1.165) is 36.2 Å². The monoisotopic (exact) mass is 239 g/mol. The first kappa shape index (κ1) is 11.7. The van der Waals surface area contributed by atoms with Crippen LogP contribution in [0.5, 0.6) is 0 Å². The summed E-state index contributed by atoms with van der Waals surface area (Å²) in [7, 11) is 2.12. The molecule has 0 amide bonds. The van der Waals surface area contributed by atoms with Gasteiger partial charge < -0.3 is 15.4 Å². The highest BCUT2D eigenvalue weighted by molar-refractivity contribution is 7.99. The van der Waals surface area contributed by atoms with Crippen LogP contribution in [-0.4, -0.2) is 48.5 Å². The highest BCUT2D eigenvalue weighted by Gasteiger charge is 2.18. The van der Waals surface area contributed by atoms with Crippen molar-refractivity contribution in [2.24, 2.45) is 0 Å². The van der Waals surface area contributed by atoms with E-state index in [-0.39, 0.29) is 6.10 Å². The van der Waals surface area contributed by atoms with E-state index in [1.165, 1.54) is 0 Å². The van der Waals surface area contributed by atoms with Crippen LogP contribution in [0.4, 0.5) is 5.69 Å². The Morgan fingerprint density at radius 1 is 1.69 bits per heavy atom. The molecule has 1 aliphatic heterocycles. The molecule has 16 heavy (non-hydrogen) atoms. The number of ether oxygens (including phenoxy) is 1. The lowest BCUT2D eigenvalue weighted by atomic mass is 10.3. The lowest BCUT2D eigenvalue weighted by molar-refractivity contribution is -0.00599. The minimum absolute atomic E-state index is 0.283.